The first kappa shape index (κ1) is 28.0. The zero-order valence-corrected chi connectivity index (χ0v) is 19.5. The molecule has 3 aliphatic rings. The summed E-state index contributed by atoms with van der Waals surface area (Å²) in [6.07, 6.45) is -12.4. The summed E-state index contributed by atoms with van der Waals surface area (Å²) in [5.74, 6) is 0. The third-order valence-electron chi connectivity index (χ3n) is 6.95. The van der Waals surface area contributed by atoms with E-state index in [4.69, 9.17) is 36.1 Å². The van der Waals surface area contributed by atoms with E-state index in [2.05, 4.69) is 5.32 Å². The number of aliphatic hydroxyl groups excluding tert-OH is 5. The summed E-state index contributed by atoms with van der Waals surface area (Å²) < 4.78 is 22.8. The maximum absolute atomic E-state index is 11.1. The maximum Gasteiger partial charge on any atom is 0.185 e. The summed E-state index contributed by atoms with van der Waals surface area (Å²) in [6, 6.07) is -3.47. The second-order valence-corrected chi connectivity index (χ2v) is 9.82. The molecule has 2 aliphatic heterocycles. The molecule has 0 radical (unpaired) electrons. The van der Waals surface area contributed by atoms with Crippen molar-refractivity contribution in [2.24, 2.45) is 17.2 Å². The molecule has 3 fully saturated rings. The lowest BCUT2D eigenvalue weighted by Gasteiger charge is -2.49. The summed E-state index contributed by atoms with van der Waals surface area (Å²) in [5.41, 5.74) is 17.0. The smallest absolute Gasteiger partial charge is 0.185 e. The van der Waals surface area contributed by atoms with Crippen LogP contribution in [0.2, 0.25) is 0 Å². The van der Waals surface area contributed by atoms with Crippen molar-refractivity contribution >= 4 is 0 Å². The molecule has 0 amide bonds. The van der Waals surface area contributed by atoms with E-state index in [0.717, 1.165) is 0 Å². The van der Waals surface area contributed by atoms with Gasteiger partial charge in [0.1, 0.15) is 48.3 Å². The Balaban J connectivity index is 1.73. The van der Waals surface area contributed by atoms with Crippen LogP contribution in [0.25, 0.3) is 0 Å². The molecule has 1 aliphatic carbocycles. The zero-order chi connectivity index (χ0) is 25.5. The first-order valence-corrected chi connectivity index (χ1v) is 11.4. The second-order valence-electron chi connectivity index (χ2n) is 9.82. The van der Waals surface area contributed by atoms with E-state index in [0.29, 0.717) is 0 Å². The van der Waals surface area contributed by atoms with Gasteiger partial charge in [-0.15, -0.1) is 0 Å². The van der Waals surface area contributed by atoms with Crippen molar-refractivity contribution in [1.82, 2.24) is 5.32 Å². The van der Waals surface area contributed by atoms with Gasteiger partial charge in [0.05, 0.1) is 24.8 Å². The van der Waals surface area contributed by atoms with Crippen LogP contribution in [0.4, 0.5) is 0 Å². The van der Waals surface area contributed by atoms with E-state index in [-0.39, 0.29) is 13.0 Å². The van der Waals surface area contributed by atoms with Gasteiger partial charge in [-0.2, -0.15) is 0 Å². The molecule has 1 saturated carbocycles. The number of hydrogen-bond acceptors (Lipinski definition) is 14. The summed E-state index contributed by atoms with van der Waals surface area (Å²) in [6.45, 7) is 2.75. The lowest BCUT2D eigenvalue weighted by atomic mass is 9.84. The van der Waals surface area contributed by atoms with E-state index in [1.807, 2.05) is 0 Å². The van der Waals surface area contributed by atoms with E-state index < -0.39 is 91.2 Å². The standard InChI is InChI=1S/C20H40N4O10/c1-6(25)14-11(27)10(26)9(23)18(32-14)33-15-7(21)4-8(22)16(12(15)28)34-19-13(29)17(24-3)20(2,30)5-31-19/h6-19,24-30H,4-5,21-23H2,1-3H3/t6-,7-,8+,9+,10+,11-,12-,13+,14?,15+,16-,17+,18+,19+,20-/m0/s1. The van der Waals surface area contributed by atoms with Crippen LogP contribution in [0.5, 0.6) is 0 Å². The van der Waals surface area contributed by atoms with Crippen molar-refractivity contribution in [2.75, 3.05) is 13.7 Å². The van der Waals surface area contributed by atoms with Gasteiger partial charge in [0.2, 0.25) is 0 Å². The summed E-state index contributed by atoms with van der Waals surface area (Å²) in [7, 11) is 1.58. The third kappa shape index (κ3) is 5.40. The van der Waals surface area contributed by atoms with E-state index in [1.165, 1.54) is 13.8 Å². The summed E-state index contributed by atoms with van der Waals surface area (Å²) in [4.78, 5) is 0. The minimum absolute atomic E-state index is 0.135. The lowest BCUT2D eigenvalue weighted by Crippen LogP contribution is -2.69. The van der Waals surface area contributed by atoms with Gasteiger partial charge in [-0.05, 0) is 27.3 Å². The highest BCUT2D eigenvalue weighted by molar-refractivity contribution is 5.02. The monoisotopic (exact) mass is 496 g/mol. The molecule has 0 aromatic heterocycles. The molecule has 14 nitrogen and oxygen atoms in total. The molecule has 1 unspecified atom stereocenters. The number of rotatable bonds is 6. The number of nitrogens with two attached hydrogens (primary N) is 3. The maximum atomic E-state index is 11.1. The number of aliphatic hydroxyl groups is 6. The second kappa shape index (κ2) is 10.8. The van der Waals surface area contributed by atoms with Crippen LogP contribution >= 0.6 is 0 Å². The fourth-order valence-corrected chi connectivity index (χ4v) is 4.95. The molecule has 0 spiro atoms. The number of likely N-dealkylation sites (N-methyl/N-ethyl adjacent to an activating group) is 1. The molecule has 13 N–H and O–H groups in total. The normalized spacial score (nSPS) is 53.5. The van der Waals surface area contributed by atoms with Gasteiger partial charge in [0, 0.05) is 12.1 Å². The number of hydrogen-bond donors (Lipinski definition) is 10. The Morgan fingerprint density at radius 2 is 1.50 bits per heavy atom. The molecule has 0 aromatic rings. The van der Waals surface area contributed by atoms with E-state index in [1.54, 1.807) is 7.05 Å². The Morgan fingerprint density at radius 3 is 2.03 bits per heavy atom. The van der Waals surface area contributed by atoms with Gasteiger partial charge in [-0.3, -0.25) is 0 Å². The predicted molar refractivity (Wildman–Crippen MR) is 116 cm³/mol. The van der Waals surface area contributed by atoms with Crippen molar-refractivity contribution in [2.45, 2.75) is 111 Å². The van der Waals surface area contributed by atoms with Crippen LogP contribution in [0.3, 0.4) is 0 Å². The first-order chi connectivity index (χ1) is 15.8. The fraction of sp³-hybridized carbons (Fsp3) is 1.00. The van der Waals surface area contributed by atoms with Crippen LogP contribution in [-0.4, -0.2) is 135 Å². The minimum Gasteiger partial charge on any atom is -0.391 e. The Hall–Kier alpha value is -0.560. The minimum atomic E-state index is -1.46. The molecule has 14 heteroatoms. The largest absolute Gasteiger partial charge is 0.391 e. The third-order valence-corrected chi connectivity index (χ3v) is 6.95. The topological polar surface area (TPSA) is 248 Å². The van der Waals surface area contributed by atoms with Crippen molar-refractivity contribution in [3.8, 4) is 0 Å². The average molecular weight is 497 g/mol. The highest BCUT2D eigenvalue weighted by Gasteiger charge is 2.52. The molecule has 15 atom stereocenters. The van der Waals surface area contributed by atoms with Crippen LogP contribution < -0.4 is 22.5 Å². The highest BCUT2D eigenvalue weighted by atomic mass is 16.7. The SMILES string of the molecule is CN[C@@H]1[C@@H](O)[C@@H](O[C@@H]2[C@@H](O)[C@H](O[C@H]3OC([C@H](C)O)[C@@H](O)[C@H](O)[C@H]3N)[C@@H](N)C[C@H]2N)OC[C@]1(C)O. The van der Waals surface area contributed by atoms with Crippen molar-refractivity contribution in [3.05, 3.63) is 0 Å². The van der Waals surface area contributed by atoms with Gasteiger partial charge in [-0.25, -0.2) is 0 Å². The molecule has 34 heavy (non-hydrogen) atoms. The fourth-order valence-electron chi connectivity index (χ4n) is 4.95. The predicted octanol–water partition coefficient (Wildman–Crippen LogP) is -5.61. The van der Waals surface area contributed by atoms with Gasteiger partial charge < -0.3 is 72.1 Å². The highest BCUT2D eigenvalue weighted by Crippen LogP contribution is 2.32. The van der Waals surface area contributed by atoms with Crippen LogP contribution in [0, 0.1) is 0 Å². The van der Waals surface area contributed by atoms with Gasteiger partial charge in [0.25, 0.3) is 0 Å². The Morgan fingerprint density at radius 1 is 0.941 bits per heavy atom. The van der Waals surface area contributed by atoms with Crippen LogP contribution in [0.15, 0.2) is 0 Å². The summed E-state index contributed by atoms with van der Waals surface area (Å²) >= 11 is 0. The first-order valence-electron chi connectivity index (χ1n) is 11.4. The molecule has 200 valence electrons. The molecule has 3 rings (SSSR count). The summed E-state index contributed by atoms with van der Waals surface area (Å²) in [5, 5.41) is 65.2. The molecule has 0 bridgehead atoms. The van der Waals surface area contributed by atoms with E-state index in [9.17, 15) is 30.6 Å². The van der Waals surface area contributed by atoms with Crippen molar-refractivity contribution < 1.29 is 49.6 Å². The van der Waals surface area contributed by atoms with Crippen molar-refractivity contribution in [3.63, 3.8) is 0 Å². The zero-order valence-electron chi connectivity index (χ0n) is 19.5. The average Bonchev–Trinajstić information content (AvgIpc) is 2.75. The van der Waals surface area contributed by atoms with Gasteiger partial charge >= 0.3 is 0 Å². The molecule has 2 heterocycles. The number of ether oxygens (including phenoxy) is 4. The van der Waals surface area contributed by atoms with Gasteiger partial charge in [-0.1, -0.05) is 0 Å². The molecule has 2 saturated heterocycles. The van der Waals surface area contributed by atoms with Crippen LogP contribution in [-0.2, 0) is 18.9 Å². The Labute approximate surface area is 197 Å². The molecular formula is C20H40N4O10. The Kier molecular flexibility index (Phi) is 8.92. The van der Waals surface area contributed by atoms with Gasteiger partial charge in [0.15, 0.2) is 12.6 Å². The van der Waals surface area contributed by atoms with Crippen molar-refractivity contribution in [1.29, 1.82) is 0 Å². The molecule has 0 aromatic carbocycles. The lowest BCUT2D eigenvalue weighted by molar-refractivity contribution is -0.319. The molecular weight excluding hydrogens is 456 g/mol. The van der Waals surface area contributed by atoms with Crippen LogP contribution in [0.1, 0.15) is 20.3 Å². The van der Waals surface area contributed by atoms with E-state index >= 15 is 0 Å². The quantitative estimate of drug-likeness (QED) is 0.165. The number of nitrogens with one attached hydrogen (secondary N) is 1. The Bertz CT molecular complexity index is 675.